The monoisotopic (exact) mass is 320 g/mol. The number of piperidine rings is 1. The van der Waals surface area contributed by atoms with Gasteiger partial charge in [0.25, 0.3) is 0 Å². The molecular formula is C15H17BrN2O. The molecule has 0 radical (unpaired) electrons. The molecule has 100 valence electrons. The zero-order valence-electron chi connectivity index (χ0n) is 10.9. The molecule has 0 aliphatic carbocycles. The predicted molar refractivity (Wildman–Crippen MR) is 80.7 cm³/mol. The number of rotatable bonds is 2. The topological polar surface area (TPSA) is 34.1 Å². The van der Waals surface area contributed by atoms with Gasteiger partial charge >= 0.3 is 0 Å². The Morgan fingerprint density at radius 1 is 1.26 bits per heavy atom. The van der Waals surface area contributed by atoms with Crippen molar-refractivity contribution in [3.63, 3.8) is 0 Å². The highest BCUT2D eigenvalue weighted by molar-refractivity contribution is 9.10. The maximum atomic E-state index is 6.11. The van der Waals surface area contributed by atoms with Crippen molar-refractivity contribution in [2.75, 3.05) is 13.1 Å². The Bertz CT molecular complexity index is 594. The van der Waals surface area contributed by atoms with Crippen LogP contribution < -0.4 is 10.1 Å². The van der Waals surface area contributed by atoms with Crippen LogP contribution in [0.15, 0.2) is 28.9 Å². The quantitative estimate of drug-likeness (QED) is 0.920. The second kappa shape index (κ2) is 5.47. The maximum absolute atomic E-state index is 6.11. The van der Waals surface area contributed by atoms with Gasteiger partial charge in [-0.1, -0.05) is 15.9 Å². The van der Waals surface area contributed by atoms with Crippen molar-refractivity contribution in [2.45, 2.75) is 25.9 Å². The lowest BCUT2D eigenvalue weighted by molar-refractivity contribution is 0.158. The molecule has 19 heavy (non-hydrogen) atoms. The first-order valence-corrected chi connectivity index (χ1v) is 7.45. The van der Waals surface area contributed by atoms with Crippen LogP contribution in [0.1, 0.15) is 18.4 Å². The van der Waals surface area contributed by atoms with Crippen LogP contribution in [0.4, 0.5) is 0 Å². The number of benzene rings is 1. The lowest BCUT2D eigenvalue weighted by Crippen LogP contribution is -2.34. The summed E-state index contributed by atoms with van der Waals surface area (Å²) in [5.41, 5.74) is 1.21. The molecule has 2 aromatic rings. The minimum atomic E-state index is 0.277. The number of halogens is 1. The van der Waals surface area contributed by atoms with Crippen molar-refractivity contribution in [1.82, 2.24) is 10.3 Å². The fraction of sp³-hybridized carbons (Fsp3) is 0.400. The Kier molecular flexibility index (Phi) is 3.71. The van der Waals surface area contributed by atoms with Gasteiger partial charge in [-0.3, -0.25) is 0 Å². The summed E-state index contributed by atoms with van der Waals surface area (Å²) in [7, 11) is 0. The van der Waals surface area contributed by atoms with Crippen LogP contribution in [0.25, 0.3) is 10.8 Å². The van der Waals surface area contributed by atoms with Crippen molar-refractivity contribution in [1.29, 1.82) is 0 Å². The number of nitrogens with zero attached hydrogens (tertiary/aromatic N) is 1. The third kappa shape index (κ3) is 2.74. The van der Waals surface area contributed by atoms with E-state index in [0.717, 1.165) is 47.1 Å². The molecule has 1 fully saturated rings. The highest BCUT2D eigenvalue weighted by atomic mass is 79.9. The summed E-state index contributed by atoms with van der Waals surface area (Å²) in [6.45, 7) is 4.14. The zero-order chi connectivity index (χ0) is 13.2. The van der Waals surface area contributed by atoms with Crippen LogP contribution in [0.2, 0.25) is 0 Å². The average Bonchev–Trinajstić information content (AvgIpc) is 2.41. The minimum Gasteiger partial charge on any atom is -0.474 e. The van der Waals surface area contributed by atoms with Crippen molar-refractivity contribution in [3.8, 4) is 5.88 Å². The van der Waals surface area contributed by atoms with Gasteiger partial charge in [0.15, 0.2) is 0 Å². The van der Waals surface area contributed by atoms with Gasteiger partial charge in [-0.05, 0) is 56.6 Å². The number of fused-ring (bicyclic) bond motifs is 1. The highest BCUT2D eigenvalue weighted by Crippen LogP contribution is 2.31. The van der Waals surface area contributed by atoms with Gasteiger partial charge in [0.1, 0.15) is 6.10 Å². The van der Waals surface area contributed by atoms with Gasteiger partial charge in [-0.2, -0.15) is 0 Å². The van der Waals surface area contributed by atoms with Crippen LogP contribution in [-0.2, 0) is 0 Å². The molecule has 4 heteroatoms. The van der Waals surface area contributed by atoms with E-state index in [-0.39, 0.29) is 6.10 Å². The molecule has 3 rings (SSSR count). The Labute approximate surface area is 121 Å². The molecule has 1 aliphatic heterocycles. The number of ether oxygens (including phenoxy) is 1. The normalized spacial score (nSPS) is 16.7. The molecule has 1 aliphatic rings. The highest BCUT2D eigenvalue weighted by Gasteiger charge is 2.16. The van der Waals surface area contributed by atoms with Gasteiger partial charge < -0.3 is 10.1 Å². The third-order valence-corrected chi connectivity index (χ3v) is 4.16. The summed E-state index contributed by atoms with van der Waals surface area (Å²) in [5, 5.41) is 5.60. The molecule has 0 atom stereocenters. The van der Waals surface area contributed by atoms with Crippen molar-refractivity contribution < 1.29 is 4.74 Å². The van der Waals surface area contributed by atoms with E-state index in [4.69, 9.17) is 4.74 Å². The summed E-state index contributed by atoms with van der Waals surface area (Å²) in [4.78, 5) is 4.42. The van der Waals surface area contributed by atoms with Crippen LogP contribution >= 0.6 is 15.9 Å². The van der Waals surface area contributed by atoms with Gasteiger partial charge in [0.2, 0.25) is 5.88 Å². The average molecular weight is 321 g/mol. The molecule has 0 spiro atoms. The number of pyridine rings is 1. The standard InChI is InChI=1S/C15H17BrN2O/c1-10-8-13-12(14(16)9-10)4-7-18-15(13)19-11-2-5-17-6-3-11/h4,7-9,11,17H,2-3,5-6H2,1H3. The molecule has 0 saturated carbocycles. The molecule has 1 aromatic carbocycles. The van der Waals surface area contributed by atoms with Gasteiger partial charge in [0.05, 0.1) is 0 Å². The van der Waals surface area contributed by atoms with Crippen molar-refractivity contribution in [2.24, 2.45) is 0 Å². The molecule has 0 bridgehead atoms. The Balaban J connectivity index is 1.98. The summed E-state index contributed by atoms with van der Waals surface area (Å²) in [6, 6.07) is 6.29. The van der Waals surface area contributed by atoms with E-state index >= 15 is 0 Å². The van der Waals surface area contributed by atoms with E-state index in [9.17, 15) is 0 Å². The maximum Gasteiger partial charge on any atom is 0.221 e. The molecule has 1 saturated heterocycles. The number of nitrogens with one attached hydrogen (secondary N) is 1. The predicted octanol–water partition coefficient (Wildman–Crippen LogP) is 3.44. The van der Waals surface area contributed by atoms with Gasteiger partial charge in [-0.15, -0.1) is 0 Å². The van der Waals surface area contributed by atoms with Crippen LogP contribution in [0.3, 0.4) is 0 Å². The van der Waals surface area contributed by atoms with Gasteiger partial charge in [-0.25, -0.2) is 4.98 Å². The fourth-order valence-electron chi connectivity index (χ4n) is 2.51. The third-order valence-electron chi connectivity index (χ3n) is 3.50. The van der Waals surface area contributed by atoms with Crippen LogP contribution in [0.5, 0.6) is 5.88 Å². The second-order valence-corrected chi connectivity index (χ2v) is 5.88. The van der Waals surface area contributed by atoms with Crippen molar-refractivity contribution >= 4 is 26.7 Å². The van der Waals surface area contributed by atoms with E-state index in [0.29, 0.717) is 0 Å². The lowest BCUT2D eigenvalue weighted by atomic mass is 10.1. The number of hydrogen-bond donors (Lipinski definition) is 1. The molecule has 0 unspecified atom stereocenters. The van der Waals surface area contributed by atoms with E-state index in [1.54, 1.807) is 0 Å². The van der Waals surface area contributed by atoms with Crippen LogP contribution in [0, 0.1) is 6.92 Å². The van der Waals surface area contributed by atoms with E-state index in [2.05, 4.69) is 45.3 Å². The molecule has 1 aromatic heterocycles. The molecular weight excluding hydrogens is 304 g/mol. The lowest BCUT2D eigenvalue weighted by Gasteiger charge is -2.23. The Morgan fingerprint density at radius 2 is 2.05 bits per heavy atom. The fourth-order valence-corrected chi connectivity index (χ4v) is 3.22. The Hall–Kier alpha value is -1.13. The SMILES string of the molecule is Cc1cc(Br)c2ccnc(OC3CCNCC3)c2c1. The van der Waals surface area contributed by atoms with Crippen molar-refractivity contribution in [3.05, 3.63) is 34.4 Å². The molecule has 2 heterocycles. The summed E-state index contributed by atoms with van der Waals surface area (Å²) >= 11 is 3.61. The molecule has 0 amide bonds. The van der Waals surface area contributed by atoms with E-state index < -0.39 is 0 Å². The smallest absolute Gasteiger partial charge is 0.221 e. The van der Waals surface area contributed by atoms with E-state index in [1.165, 1.54) is 5.56 Å². The zero-order valence-corrected chi connectivity index (χ0v) is 12.5. The second-order valence-electron chi connectivity index (χ2n) is 5.03. The first kappa shape index (κ1) is 12.9. The van der Waals surface area contributed by atoms with Crippen LogP contribution in [-0.4, -0.2) is 24.2 Å². The molecule has 1 N–H and O–H groups in total. The summed E-state index contributed by atoms with van der Waals surface area (Å²) < 4.78 is 7.20. The Morgan fingerprint density at radius 3 is 2.84 bits per heavy atom. The summed E-state index contributed by atoms with van der Waals surface area (Å²) in [6.07, 6.45) is 4.19. The number of hydrogen-bond acceptors (Lipinski definition) is 3. The molecule has 3 nitrogen and oxygen atoms in total. The largest absolute Gasteiger partial charge is 0.474 e. The first-order valence-electron chi connectivity index (χ1n) is 6.66. The van der Waals surface area contributed by atoms with Gasteiger partial charge in [0, 0.05) is 21.4 Å². The summed E-state index contributed by atoms with van der Waals surface area (Å²) in [5.74, 6) is 0.758. The number of aryl methyl sites for hydroxylation is 1. The van der Waals surface area contributed by atoms with E-state index in [1.807, 2.05) is 12.3 Å². The minimum absolute atomic E-state index is 0.277. The first-order chi connectivity index (χ1) is 9.24. The number of aromatic nitrogens is 1.